The number of unbranched alkanes of at least 4 members (excludes halogenated alkanes) is 11. The molecule has 30 heavy (non-hydrogen) atoms. The van der Waals surface area contributed by atoms with E-state index in [1.54, 1.807) is 24.3 Å². The van der Waals surface area contributed by atoms with Gasteiger partial charge in [-0.3, -0.25) is 0 Å². The minimum Gasteiger partial charge on any atom is -0.462 e. The van der Waals surface area contributed by atoms with Gasteiger partial charge in [0.15, 0.2) is 0 Å². The lowest BCUT2D eigenvalue weighted by Crippen LogP contribution is -2.18. The predicted molar refractivity (Wildman–Crippen MR) is 123 cm³/mol. The molecule has 0 spiro atoms. The average Bonchev–Trinajstić information content (AvgIpc) is 2.76. The molecule has 0 saturated carbocycles. The lowest BCUT2D eigenvalue weighted by atomic mass is 10.1. The fraction of sp³-hybridized carbons (Fsp3) is 0.692. The van der Waals surface area contributed by atoms with Gasteiger partial charge in [-0.15, -0.1) is 0 Å². The number of hydrogen-bond donors (Lipinski definition) is 0. The van der Waals surface area contributed by atoms with Crippen molar-refractivity contribution in [2.45, 2.75) is 110 Å². The summed E-state index contributed by atoms with van der Waals surface area (Å²) in [5.41, 5.74) is 0.558. The first-order valence-corrected chi connectivity index (χ1v) is 12.1. The first kappa shape index (κ1) is 26.2. The third-order valence-electron chi connectivity index (χ3n) is 5.48. The molecule has 1 aromatic carbocycles. The van der Waals surface area contributed by atoms with Gasteiger partial charge in [0, 0.05) is 0 Å². The Hall–Kier alpha value is -1.84. The maximum atomic E-state index is 12.4. The molecular formula is C26H42O4. The molecule has 0 bridgehead atoms. The monoisotopic (exact) mass is 418 g/mol. The summed E-state index contributed by atoms with van der Waals surface area (Å²) in [5, 5.41) is 0. The van der Waals surface area contributed by atoms with Gasteiger partial charge in [-0.25, -0.2) is 9.59 Å². The highest BCUT2D eigenvalue weighted by atomic mass is 16.5. The van der Waals surface area contributed by atoms with Crippen molar-refractivity contribution >= 4 is 11.9 Å². The van der Waals surface area contributed by atoms with Crippen LogP contribution in [0.25, 0.3) is 0 Å². The third kappa shape index (κ3) is 11.4. The largest absolute Gasteiger partial charge is 0.462 e. The summed E-state index contributed by atoms with van der Waals surface area (Å²) in [7, 11) is 0. The van der Waals surface area contributed by atoms with Crippen molar-refractivity contribution in [2.24, 2.45) is 0 Å². The molecule has 1 atom stereocenters. The fourth-order valence-electron chi connectivity index (χ4n) is 3.35. The summed E-state index contributed by atoms with van der Waals surface area (Å²) < 4.78 is 10.7. The summed E-state index contributed by atoms with van der Waals surface area (Å²) in [6.45, 7) is 6.44. The Morgan fingerprint density at radius 3 is 1.70 bits per heavy atom. The van der Waals surface area contributed by atoms with Crippen molar-refractivity contribution in [3.05, 3.63) is 35.4 Å². The van der Waals surface area contributed by atoms with E-state index in [0.717, 1.165) is 19.3 Å². The molecule has 0 saturated heterocycles. The molecule has 0 amide bonds. The standard InChI is InChI=1S/C26H42O4/c1-4-6-7-8-9-10-11-12-13-14-15-18-21-29-25(27)23-19-16-17-20-24(23)26(28)30-22(3)5-2/h16-17,19-20,22H,4-15,18,21H2,1-3H3. The molecule has 0 aliphatic rings. The van der Waals surface area contributed by atoms with E-state index in [1.807, 2.05) is 13.8 Å². The van der Waals surface area contributed by atoms with E-state index in [0.29, 0.717) is 6.61 Å². The Bertz CT molecular complexity index is 596. The number of ether oxygens (including phenoxy) is 2. The van der Waals surface area contributed by atoms with Gasteiger partial charge in [-0.1, -0.05) is 96.6 Å². The Balaban J connectivity index is 2.17. The summed E-state index contributed by atoms with van der Waals surface area (Å²) in [5.74, 6) is -0.919. The first-order chi connectivity index (χ1) is 14.6. The maximum absolute atomic E-state index is 12.4. The zero-order valence-corrected chi connectivity index (χ0v) is 19.4. The third-order valence-corrected chi connectivity index (χ3v) is 5.48. The van der Waals surface area contributed by atoms with E-state index in [9.17, 15) is 9.59 Å². The second-order valence-electron chi connectivity index (χ2n) is 8.19. The van der Waals surface area contributed by atoms with Gasteiger partial charge in [-0.2, -0.15) is 0 Å². The van der Waals surface area contributed by atoms with E-state index in [2.05, 4.69) is 6.92 Å². The Labute approximate surface area is 183 Å². The van der Waals surface area contributed by atoms with Crippen LogP contribution in [0.3, 0.4) is 0 Å². The van der Waals surface area contributed by atoms with Crippen LogP contribution >= 0.6 is 0 Å². The van der Waals surface area contributed by atoms with Crippen LogP contribution in [0, 0.1) is 0 Å². The quantitative estimate of drug-likeness (QED) is 0.194. The molecule has 0 aliphatic heterocycles. The van der Waals surface area contributed by atoms with Crippen LogP contribution in [0.2, 0.25) is 0 Å². The van der Waals surface area contributed by atoms with Gasteiger partial charge in [0.05, 0.1) is 23.8 Å². The molecule has 0 aliphatic carbocycles. The summed E-state index contributed by atoms with van der Waals surface area (Å²) >= 11 is 0. The molecule has 1 rings (SSSR count). The number of rotatable bonds is 17. The van der Waals surface area contributed by atoms with E-state index in [4.69, 9.17) is 9.47 Å². The molecule has 0 fully saturated rings. The molecule has 0 radical (unpaired) electrons. The van der Waals surface area contributed by atoms with E-state index in [1.165, 1.54) is 64.2 Å². The smallest absolute Gasteiger partial charge is 0.339 e. The Morgan fingerprint density at radius 1 is 0.733 bits per heavy atom. The SMILES string of the molecule is CCCCCCCCCCCCCCOC(=O)c1ccccc1C(=O)OC(C)CC. The summed E-state index contributed by atoms with van der Waals surface area (Å²) in [6, 6.07) is 6.71. The number of carbonyl (C=O) groups excluding carboxylic acids is 2. The summed E-state index contributed by atoms with van der Waals surface area (Å²) in [4.78, 5) is 24.7. The molecule has 4 nitrogen and oxygen atoms in total. The van der Waals surface area contributed by atoms with Crippen LogP contribution < -0.4 is 0 Å². The van der Waals surface area contributed by atoms with Gasteiger partial charge in [0.1, 0.15) is 0 Å². The van der Waals surface area contributed by atoms with Crippen LogP contribution in [0.4, 0.5) is 0 Å². The normalized spacial score (nSPS) is 11.8. The highest BCUT2D eigenvalue weighted by Crippen LogP contribution is 2.15. The fourth-order valence-corrected chi connectivity index (χ4v) is 3.35. The van der Waals surface area contributed by atoms with Crippen molar-refractivity contribution in [1.82, 2.24) is 0 Å². The zero-order chi connectivity index (χ0) is 22.0. The van der Waals surface area contributed by atoms with Crippen molar-refractivity contribution in [1.29, 1.82) is 0 Å². The number of esters is 2. The van der Waals surface area contributed by atoms with Gasteiger partial charge in [0.2, 0.25) is 0 Å². The molecule has 1 aromatic rings. The average molecular weight is 419 g/mol. The Morgan fingerprint density at radius 2 is 1.20 bits per heavy atom. The number of benzene rings is 1. The van der Waals surface area contributed by atoms with Crippen LogP contribution in [-0.2, 0) is 9.47 Å². The van der Waals surface area contributed by atoms with Crippen LogP contribution in [0.5, 0.6) is 0 Å². The maximum Gasteiger partial charge on any atom is 0.339 e. The predicted octanol–water partition coefficient (Wildman–Crippen LogP) is 7.50. The van der Waals surface area contributed by atoms with Crippen molar-refractivity contribution in [3.8, 4) is 0 Å². The van der Waals surface area contributed by atoms with Gasteiger partial charge in [-0.05, 0) is 31.9 Å². The van der Waals surface area contributed by atoms with Gasteiger partial charge >= 0.3 is 11.9 Å². The molecule has 0 aromatic heterocycles. The van der Waals surface area contributed by atoms with E-state index >= 15 is 0 Å². The van der Waals surface area contributed by atoms with Crippen LogP contribution in [-0.4, -0.2) is 24.6 Å². The van der Waals surface area contributed by atoms with Gasteiger partial charge in [0.25, 0.3) is 0 Å². The molecule has 0 heterocycles. The summed E-state index contributed by atoms with van der Waals surface area (Å²) in [6.07, 6.45) is 15.8. The lowest BCUT2D eigenvalue weighted by molar-refractivity contribution is 0.0321. The van der Waals surface area contributed by atoms with Crippen molar-refractivity contribution in [3.63, 3.8) is 0 Å². The van der Waals surface area contributed by atoms with Crippen molar-refractivity contribution < 1.29 is 19.1 Å². The van der Waals surface area contributed by atoms with E-state index < -0.39 is 11.9 Å². The van der Waals surface area contributed by atoms with E-state index in [-0.39, 0.29) is 17.2 Å². The molecule has 1 unspecified atom stereocenters. The second-order valence-corrected chi connectivity index (χ2v) is 8.19. The minimum absolute atomic E-state index is 0.178. The molecule has 170 valence electrons. The van der Waals surface area contributed by atoms with Crippen LogP contribution in [0.1, 0.15) is 125 Å². The topological polar surface area (TPSA) is 52.6 Å². The second kappa shape index (κ2) is 16.9. The molecule has 4 heteroatoms. The Kier molecular flexibility index (Phi) is 14.8. The lowest BCUT2D eigenvalue weighted by Gasteiger charge is -2.13. The van der Waals surface area contributed by atoms with Crippen LogP contribution in [0.15, 0.2) is 24.3 Å². The molecular weight excluding hydrogens is 376 g/mol. The van der Waals surface area contributed by atoms with Crippen molar-refractivity contribution in [2.75, 3.05) is 6.61 Å². The number of hydrogen-bond acceptors (Lipinski definition) is 4. The molecule has 0 N–H and O–H groups in total. The zero-order valence-electron chi connectivity index (χ0n) is 19.4. The van der Waals surface area contributed by atoms with Gasteiger partial charge < -0.3 is 9.47 Å². The minimum atomic E-state index is -0.470. The highest BCUT2D eigenvalue weighted by Gasteiger charge is 2.20. The number of carbonyl (C=O) groups is 2. The highest BCUT2D eigenvalue weighted by molar-refractivity contribution is 6.03. The first-order valence-electron chi connectivity index (χ1n) is 12.1.